The van der Waals surface area contributed by atoms with Crippen molar-refractivity contribution in [3.8, 4) is 11.5 Å². The molecule has 3 rings (SSSR count). The number of piperidine rings is 1. The van der Waals surface area contributed by atoms with Gasteiger partial charge in [-0.1, -0.05) is 50.1 Å². The largest absolute Gasteiger partial charge is 0.493 e. The van der Waals surface area contributed by atoms with Crippen LogP contribution in [0.3, 0.4) is 0 Å². The van der Waals surface area contributed by atoms with E-state index < -0.39 is 0 Å². The zero-order chi connectivity index (χ0) is 18.7. The van der Waals surface area contributed by atoms with E-state index in [0.717, 1.165) is 18.1 Å². The minimum Gasteiger partial charge on any atom is -0.493 e. The van der Waals surface area contributed by atoms with Crippen LogP contribution in [0.25, 0.3) is 0 Å². The van der Waals surface area contributed by atoms with Gasteiger partial charge in [-0.05, 0) is 62.2 Å². The predicted octanol–water partition coefficient (Wildman–Crippen LogP) is 5.55. The van der Waals surface area contributed by atoms with Crippen LogP contribution in [0.4, 0.5) is 0 Å². The van der Waals surface area contributed by atoms with E-state index in [9.17, 15) is 0 Å². The number of unbranched alkanes of at least 4 members (excludes halogenated alkanes) is 2. The predicted molar refractivity (Wildman–Crippen MR) is 111 cm³/mol. The first-order valence-corrected chi connectivity index (χ1v) is 10.5. The zero-order valence-electron chi connectivity index (χ0n) is 16.6. The lowest BCUT2D eigenvalue weighted by Crippen LogP contribution is -2.38. The monoisotopic (exact) mass is 367 g/mol. The molecular formula is C24H33NO2. The van der Waals surface area contributed by atoms with Crippen molar-refractivity contribution in [1.82, 2.24) is 4.90 Å². The van der Waals surface area contributed by atoms with Crippen molar-refractivity contribution in [3.63, 3.8) is 0 Å². The van der Waals surface area contributed by atoms with Crippen LogP contribution in [-0.2, 0) is 6.61 Å². The summed E-state index contributed by atoms with van der Waals surface area (Å²) in [6, 6.07) is 18.3. The molecule has 0 N–H and O–H groups in total. The maximum Gasteiger partial charge on any atom is 0.120 e. The van der Waals surface area contributed by atoms with Crippen molar-refractivity contribution in [1.29, 1.82) is 0 Å². The van der Waals surface area contributed by atoms with Gasteiger partial charge in [0.05, 0.1) is 6.61 Å². The van der Waals surface area contributed by atoms with Crippen LogP contribution in [0, 0.1) is 5.92 Å². The Morgan fingerprint density at radius 3 is 2.41 bits per heavy atom. The number of likely N-dealkylation sites (tertiary alicyclic amines) is 1. The molecule has 0 bridgehead atoms. The van der Waals surface area contributed by atoms with Crippen molar-refractivity contribution in [2.24, 2.45) is 5.92 Å². The quantitative estimate of drug-likeness (QED) is 0.514. The van der Waals surface area contributed by atoms with E-state index >= 15 is 0 Å². The van der Waals surface area contributed by atoms with E-state index in [1.807, 2.05) is 42.5 Å². The topological polar surface area (TPSA) is 21.7 Å². The summed E-state index contributed by atoms with van der Waals surface area (Å²) in [5.74, 6) is 2.46. The fourth-order valence-corrected chi connectivity index (χ4v) is 3.66. The van der Waals surface area contributed by atoms with Gasteiger partial charge in [0, 0.05) is 12.5 Å². The lowest BCUT2D eigenvalue weighted by Gasteiger charge is -2.32. The van der Waals surface area contributed by atoms with Gasteiger partial charge in [0.1, 0.15) is 18.1 Å². The molecule has 0 radical (unpaired) electrons. The van der Waals surface area contributed by atoms with Crippen molar-refractivity contribution < 1.29 is 9.47 Å². The van der Waals surface area contributed by atoms with Crippen LogP contribution in [0.5, 0.6) is 11.5 Å². The average molecular weight is 368 g/mol. The first-order valence-electron chi connectivity index (χ1n) is 10.5. The van der Waals surface area contributed by atoms with Gasteiger partial charge in [-0.2, -0.15) is 0 Å². The highest BCUT2D eigenvalue weighted by Gasteiger charge is 2.20. The molecule has 1 heterocycles. The Morgan fingerprint density at radius 1 is 0.926 bits per heavy atom. The zero-order valence-corrected chi connectivity index (χ0v) is 16.6. The number of hydrogen-bond acceptors (Lipinski definition) is 3. The summed E-state index contributed by atoms with van der Waals surface area (Å²) in [5.41, 5.74) is 1.18. The molecule has 1 unspecified atom stereocenters. The molecule has 0 saturated carbocycles. The van der Waals surface area contributed by atoms with Crippen molar-refractivity contribution in [2.45, 2.75) is 45.6 Å². The Balaban J connectivity index is 1.39. The molecule has 27 heavy (non-hydrogen) atoms. The number of nitrogens with zero attached hydrogens (tertiary/aromatic N) is 1. The van der Waals surface area contributed by atoms with Crippen LogP contribution in [0.1, 0.15) is 44.6 Å². The number of hydrogen-bond donors (Lipinski definition) is 0. The molecule has 2 aromatic rings. The summed E-state index contributed by atoms with van der Waals surface area (Å²) in [4.78, 5) is 2.62. The Labute approximate surface area is 164 Å². The normalized spacial score (nSPS) is 17.6. The van der Waals surface area contributed by atoms with Gasteiger partial charge in [-0.3, -0.25) is 0 Å². The summed E-state index contributed by atoms with van der Waals surface area (Å²) < 4.78 is 11.9. The van der Waals surface area contributed by atoms with Gasteiger partial charge >= 0.3 is 0 Å². The first-order chi connectivity index (χ1) is 13.3. The molecule has 2 aromatic carbocycles. The van der Waals surface area contributed by atoms with Crippen LogP contribution >= 0.6 is 0 Å². The summed E-state index contributed by atoms with van der Waals surface area (Å²) in [5, 5.41) is 0. The average Bonchev–Trinajstić information content (AvgIpc) is 2.73. The van der Waals surface area contributed by atoms with Crippen molar-refractivity contribution in [2.75, 3.05) is 26.2 Å². The highest BCUT2D eigenvalue weighted by atomic mass is 16.5. The maximum absolute atomic E-state index is 6.06. The summed E-state index contributed by atoms with van der Waals surface area (Å²) in [6.07, 6.45) is 6.55. The molecular weight excluding hydrogens is 334 g/mol. The third-order valence-electron chi connectivity index (χ3n) is 5.24. The van der Waals surface area contributed by atoms with Gasteiger partial charge in [-0.15, -0.1) is 0 Å². The first kappa shape index (κ1) is 19.8. The highest BCUT2D eigenvalue weighted by molar-refractivity contribution is 5.31. The van der Waals surface area contributed by atoms with E-state index in [2.05, 4.69) is 24.0 Å². The standard InChI is InChI=1S/C24H33NO2/c1-2-3-7-16-25-17-8-11-22(18-25)20-27-24-14-12-23(13-15-24)26-19-21-9-5-4-6-10-21/h4-6,9-10,12-15,22H,2-3,7-8,11,16-20H2,1H3. The Morgan fingerprint density at radius 2 is 1.67 bits per heavy atom. The molecule has 146 valence electrons. The third kappa shape index (κ3) is 6.91. The lowest BCUT2D eigenvalue weighted by molar-refractivity contribution is 0.128. The van der Waals surface area contributed by atoms with E-state index in [1.54, 1.807) is 0 Å². The Bertz CT molecular complexity index is 641. The van der Waals surface area contributed by atoms with E-state index in [-0.39, 0.29) is 0 Å². The number of rotatable bonds is 10. The van der Waals surface area contributed by atoms with Gasteiger partial charge in [0.25, 0.3) is 0 Å². The van der Waals surface area contributed by atoms with Gasteiger partial charge in [0.2, 0.25) is 0 Å². The van der Waals surface area contributed by atoms with Crippen LogP contribution in [0.2, 0.25) is 0 Å². The fraction of sp³-hybridized carbons (Fsp3) is 0.500. The lowest BCUT2D eigenvalue weighted by atomic mass is 9.98. The molecule has 1 saturated heterocycles. The summed E-state index contributed by atoms with van der Waals surface area (Å²) >= 11 is 0. The minimum absolute atomic E-state index is 0.594. The second kappa shape index (κ2) is 11.0. The summed E-state index contributed by atoms with van der Waals surface area (Å²) in [7, 11) is 0. The molecule has 0 spiro atoms. The third-order valence-corrected chi connectivity index (χ3v) is 5.24. The van der Waals surface area contributed by atoms with Gasteiger partial charge in [0.15, 0.2) is 0 Å². The maximum atomic E-state index is 6.06. The van der Waals surface area contributed by atoms with Gasteiger partial charge in [-0.25, -0.2) is 0 Å². The molecule has 1 aliphatic rings. The van der Waals surface area contributed by atoms with E-state index in [0.29, 0.717) is 12.5 Å². The molecule has 1 aliphatic heterocycles. The SMILES string of the molecule is CCCCCN1CCCC(COc2ccc(OCc3ccccc3)cc2)C1. The number of benzene rings is 2. The summed E-state index contributed by atoms with van der Waals surface area (Å²) in [6.45, 7) is 7.36. The minimum atomic E-state index is 0.594. The van der Waals surface area contributed by atoms with Crippen molar-refractivity contribution in [3.05, 3.63) is 60.2 Å². The Hall–Kier alpha value is -2.00. The van der Waals surface area contributed by atoms with Crippen LogP contribution in [0.15, 0.2) is 54.6 Å². The second-order valence-corrected chi connectivity index (χ2v) is 7.57. The Kier molecular flexibility index (Phi) is 8.03. The molecule has 0 aliphatic carbocycles. The smallest absolute Gasteiger partial charge is 0.120 e. The highest BCUT2D eigenvalue weighted by Crippen LogP contribution is 2.22. The molecule has 3 nitrogen and oxygen atoms in total. The van der Waals surface area contributed by atoms with Crippen LogP contribution < -0.4 is 9.47 Å². The molecule has 0 aromatic heterocycles. The molecule has 0 amide bonds. The second-order valence-electron chi connectivity index (χ2n) is 7.57. The molecule has 1 atom stereocenters. The van der Waals surface area contributed by atoms with Crippen molar-refractivity contribution >= 4 is 0 Å². The van der Waals surface area contributed by atoms with E-state index in [4.69, 9.17) is 9.47 Å². The van der Waals surface area contributed by atoms with Crippen LogP contribution in [-0.4, -0.2) is 31.1 Å². The fourth-order valence-electron chi connectivity index (χ4n) is 3.66. The van der Waals surface area contributed by atoms with E-state index in [1.165, 1.54) is 57.3 Å². The molecule has 3 heteroatoms. The van der Waals surface area contributed by atoms with Gasteiger partial charge < -0.3 is 14.4 Å². The molecule has 1 fully saturated rings. The number of ether oxygens (including phenoxy) is 2.